The smallest absolute Gasteiger partial charge is 0.239 e. The van der Waals surface area contributed by atoms with E-state index >= 15 is 0 Å². The molecule has 3 heterocycles. The number of nitrogens with zero attached hydrogens (tertiary/aromatic N) is 3. The van der Waals surface area contributed by atoms with Crippen molar-refractivity contribution in [3.05, 3.63) is 54.0 Å². The van der Waals surface area contributed by atoms with Crippen molar-refractivity contribution in [2.75, 3.05) is 25.0 Å². The summed E-state index contributed by atoms with van der Waals surface area (Å²) in [5.41, 5.74) is 2.01. The van der Waals surface area contributed by atoms with E-state index in [-0.39, 0.29) is 18.6 Å². The molecule has 1 saturated heterocycles. The minimum absolute atomic E-state index is 0.0784. The molecule has 2 aromatic rings. The van der Waals surface area contributed by atoms with Crippen LogP contribution in [0, 0.1) is 6.92 Å². The zero-order valence-corrected chi connectivity index (χ0v) is 14.5. The molecule has 0 aromatic carbocycles. The first kappa shape index (κ1) is 17.5. The van der Waals surface area contributed by atoms with E-state index in [0.29, 0.717) is 12.4 Å². The standard InChI is InChI=1S/C19H24N4O2/c1-15-7-8-18(21-11-15)22-19(24)14-23(13-17-6-4-10-25-17)12-16-5-2-3-9-20-16/h2-3,5,7-9,11,17H,4,6,10,12-14H2,1H3,(H,21,22,24)/t17-/m0/s1. The second kappa shape index (κ2) is 8.69. The molecule has 1 amide bonds. The Morgan fingerprint density at radius 3 is 2.92 bits per heavy atom. The van der Waals surface area contributed by atoms with Crippen LogP contribution in [0.2, 0.25) is 0 Å². The summed E-state index contributed by atoms with van der Waals surface area (Å²) in [6.07, 6.45) is 5.83. The molecule has 132 valence electrons. The van der Waals surface area contributed by atoms with Crippen LogP contribution in [0.1, 0.15) is 24.1 Å². The van der Waals surface area contributed by atoms with Crippen molar-refractivity contribution in [3.63, 3.8) is 0 Å². The van der Waals surface area contributed by atoms with E-state index in [9.17, 15) is 4.79 Å². The van der Waals surface area contributed by atoms with Gasteiger partial charge in [-0.2, -0.15) is 0 Å². The predicted molar refractivity (Wildman–Crippen MR) is 96.1 cm³/mol. The van der Waals surface area contributed by atoms with Crippen LogP contribution in [0.5, 0.6) is 0 Å². The molecule has 1 atom stereocenters. The summed E-state index contributed by atoms with van der Waals surface area (Å²) in [5, 5.41) is 2.86. The number of nitrogens with one attached hydrogen (secondary N) is 1. The first-order valence-corrected chi connectivity index (χ1v) is 8.65. The molecule has 1 fully saturated rings. The Labute approximate surface area is 148 Å². The van der Waals surface area contributed by atoms with Gasteiger partial charge in [0.15, 0.2) is 0 Å². The molecular formula is C19H24N4O2. The van der Waals surface area contributed by atoms with E-state index in [4.69, 9.17) is 4.74 Å². The normalized spacial score (nSPS) is 17.0. The minimum Gasteiger partial charge on any atom is -0.377 e. The van der Waals surface area contributed by atoms with E-state index in [1.54, 1.807) is 12.4 Å². The van der Waals surface area contributed by atoms with E-state index in [1.807, 2.05) is 37.3 Å². The van der Waals surface area contributed by atoms with Crippen LogP contribution in [-0.2, 0) is 16.1 Å². The van der Waals surface area contributed by atoms with Crippen LogP contribution in [-0.4, -0.2) is 46.6 Å². The highest BCUT2D eigenvalue weighted by atomic mass is 16.5. The Kier molecular flexibility index (Phi) is 6.09. The van der Waals surface area contributed by atoms with Gasteiger partial charge < -0.3 is 10.1 Å². The Hall–Kier alpha value is -2.31. The Morgan fingerprint density at radius 1 is 1.32 bits per heavy atom. The first-order chi connectivity index (χ1) is 12.2. The van der Waals surface area contributed by atoms with E-state index in [1.165, 1.54) is 0 Å². The molecule has 0 bridgehead atoms. The number of amides is 1. The predicted octanol–water partition coefficient (Wildman–Crippen LogP) is 2.40. The molecule has 0 unspecified atom stereocenters. The van der Waals surface area contributed by atoms with Gasteiger partial charge in [-0.05, 0) is 43.5 Å². The molecule has 25 heavy (non-hydrogen) atoms. The quantitative estimate of drug-likeness (QED) is 0.838. The largest absolute Gasteiger partial charge is 0.377 e. The highest BCUT2D eigenvalue weighted by molar-refractivity contribution is 5.91. The van der Waals surface area contributed by atoms with Gasteiger partial charge in [0.05, 0.1) is 18.3 Å². The molecule has 0 saturated carbocycles. The summed E-state index contributed by atoms with van der Waals surface area (Å²) in [7, 11) is 0. The topological polar surface area (TPSA) is 67.4 Å². The van der Waals surface area contributed by atoms with Crippen LogP contribution >= 0.6 is 0 Å². The van der Waals surface area contributed by atoms with Gasteiger partial charge in [-0.15, -0.1) is 0 Å². The zero-order chi connectivity index (χ0) is 17.5. The maximum atomic E-state index is 12.4. The second-order valence-corrected chi connectivity index (χ2v) is 6.39. The van der Waals surface area contributed by atoms with Crippen molar-refractivity contribution in [1.29, 1.82) is 0 Å². The average Bonchev–Trinajstić information content (AvgIpc) is 3.11. The summed E-state index contributed by atoms with van der Waals surface area (Å²) in [4.78, 5) is 23.1. The third kappa shape index (κ3) is 5.62. The van der Waals surface area contributed by atoms with Gasteiger partial charge in [-0.25, -0.2) is 4.98 Å². The summed E-state index contributed by atoms with van der Waals surface area (Å²) in [6, 6.07) is 9.57. The minimum atomic E-state index is -0.0784. The number of aromatic nitrogens is 2. The van der Waals surface area contributed by atoms with Gasteiger partial charge >= 0.3 is 0 Å². The van der Waals surface area contributed by atoms with Gasteiger partial charge in [-0.1, -0.05) is 12.1 Å². The second-order valence-electron chi connectivity index (χ2n) is 6.39. The molecule has 3 rings (SSSR count). The molecule has 2 aromatic heterocycles. The van der Waals surface area contributed by atoms with Crippen LogP contribution < -0.4 is 5.32 Å². The molecule has 6 nitrogen and oxygen atoms in total. The Balaban J connectivity index is 1.61. The van der Waals surface area contributed by atoms with E-state index < -0.39 is 0 Å². The van der Waals surface area contributed by atoms with Crippen LogP contribution in [0.25, 0.3) is 0 Å². The SMILES string of the molecule is Cc1ccc(NC(=O)CN(Cc2ccccn2)C[C@@H]2CCCO2)nc1. The number of carbonyl (C=O) groups is 1. The first-order valence-electron chi connectivity index (χ1n) is 8.65. The lowest BCUT2D eigenvalue weighted by atomic mass is 10.2. The van der Waals surface area contributed by atoms with Crippen LogP contribution in [0.15, 0.2) is 42.7 Å². The number of carbonyl (C=O) groups excluding carboxylic acids is 1. The van der Waals surface area contributed by atoms with Crippen molar-refractivity contribution in [2.24, 2.45) is 0 Å². The van der Waals surface area contributed by atoms with Crippen LogP contribution in [0.3, 0.4) is 0 Å². The number of hydrogen-bond acceptors (Lipinski definition) is 5. The van der Waals surface area contributed by atoms with Gasteiger partial charge in [0.25, 0.3) is 0 Å². The summed E-state index contributed by atoms with van der Waals surface area (Å²) in [5.74, 6) is 0.496. The fourth-order valence-corrected chi connectivity index (χ4v) is 2.91. The number of rotatable bonds is 7. The molecule has 1 aliphatic heterocycles. The molecule has 1 aliphatic rings. The highest BCUT2D eigenvalue weighted by Crippen LogP contribution is 2.15. The number of anilines is 1. The summed E-state index contributed by atoms with van der Waals surface area (Å²) >= 11 is 0. The third-order valence-electron chi connectivity index (χ3n) is 4.14. The summed E-state index contributed by atoms with van der Waals surface area (Å²) in [6.45, 7) is 4.41. The van der Waals surface area contributed by atoms with E-state index in [0.717, 1.165) is 37.3 Å². The number of ether oxygens (including phenoxy) is 1. The molecule has 0 aliphatic carbocycles. The molecule has 6 heteroatoms. The monoisotopic (exact) mass is 340 g/mol. The lowest BCUT2D eigenvalue weighted by Gasteiger charge is -2.24. The number of aryl methyl sites for hydroxylation is 1. The van der Waals surface area contributed by atoms with Crippen molar-refractivity contribution in [3.8, 4) is 0 Å². The average molecular weight is 340 g/mol. The van der Waals surface area contributed by atoms with Crippen molar-refractivity contribution in [2.45, 2.75) is 32.4 Å². The van der Waals surface area contributed by atoms with Gasteiger partial charge in [0, 0.05) is 32.1 Å². The Bertz CT molecular complexity index is 670. The lowest BCUT2D eigenvalue weighted by molar-refractivity contribution is -0.117. The van der Waals surface area contributed by atoms with Gasteiger partial charge in [-0.3, -0.25) is 14.7 Å². The van der Waals surface area contributed by atoms with Gasteiger partial charge in [0.1, 0.15) is 5.82 Å². The maximum Gasteiger partial charge on any atom is 0.239 e. The van der Waals surface area contributed by atoms with Crippen LogP contribution in [0.4, 0.5) is 5.82 Å². The van der Waals surface area contributed by atoms with Crippen molar-refractivity contribution >= 4 is 11.7 Å². The molecular weight excluding hydrogens is 316 g/mol. The highest BCUT2D eigenvalue weighted by Gasteiger charge is 2.21. The maximum absolute atomic E-state index is 12.4. The lowest BCUT2D eigenvalue weighted by Crippen LogP contribution is -2.38. The number of hydrogen-bond donors (Lipinski definition) is 1. The van der Waals surface area contributed by atoms with Gasteiger partial charge in [0.2, 0.25) is 5.91 Å². The summed E-state index contributed by atoms with van der Waals surface area (Å²) < 4.78 is 5.73. The fourth-order valence-electron chi connectivity index (χ4n) is 2.91. The molecule has 0 radical (unpaired) electrons. The zero-order valence-electron chi connectivity index (χ0n) is 14.5. The fraction of sp³-hybridized carbons (Fsp3) is 0.421. The van der Waals surface area contributed by atoms with Crippen molar-refractivity contribution < 1.29 is 9.53 Å². The Morgan fingerprint density at radius 2 is 2.24 bits per heavy atom. The molecule has 0 spiro atoms. The molecule has 1 N–H and O–H groups in total. The third-order valence-corrected chi connectivity index (χ3v) is 4.14. The van der Waals surface area contributed by atoms with E-state index in [2.05, 4.69) is 20.2 Å². The number of pyridine rings is 2. The van der Waals surface area contributed by atoms with Crippen molar-refractivity contribution in [1.82, 2.24) is 14.9 Å².